The number of hydrogen-bond donors (Lipinski definition) is 1. The molecule has 3 aromatic rings. The molecule has 6 nitrogen and oxygen atoms in total. The van der Waals surface area contributed by atoms with Crippen LogP contribution in [-0.4, -0.2) is 49.6 Å². The van der Waals surface area contributed by atoms with Gasteiger partial charge in [-0.1, -0.05) is 18.2 Å². The van der Waals surface area contributed by atoms with Crippen LogP contribution in [0.1, 0.15) is 23.7 Å². The quantitative estimate of drug-likeness (QED) is 0.424. The normalized spacial score (nSPS) is 10.9. The van der Waals surface area contributed by atoms with Crippen molar-refractivity contribution in [2.75, 3.05) is 39.1 Å². The Morgan fingerprint density at radius 2 is 1.90 bits per heavy atom. The van der Waals surface area contributed by atoms with Gasteiger partial charge in [0.2, 0.25) is 0 Å². The van der Waals surface area contributed by atoms with Crippen LogP contribution in [0.2, 0.25) is 0 Å². The highest BCUT2D eigenvalue weighted by molar-refractivity contribution is 6.05. The van der Waals surface area contributed by atoms with Crippen molar-refractivity contribution in [3.63, 3.8) is 0 Å². The van der Waals surface area contributed by atoms with Crippen molar-refractivity contribution in [3.05, 3.63) is 60.3 Å². The first-order valence-electron chi connectivity index (χ1n) is 9.80. The molecular formula is C23H27N3O3. The van der Waals surface area contributed by atoms with E-state index in [0.717, 1.165) is 41.9 Å². The number of aromatic nitrogens is 1. The van der Waals surface area contributed by atoms with E-state index in [1.807, 2.05) is 62.6 Å². The second-order valence-electron chi connectivity index (χ2n) is 6.95. The van der Waals surface area contributed by atoms with Gasteiger partial charge in [0.1, 0.15) is 17.1 Å². The Hall–Kier alpha value is -3.12. The fourth-order valence-electron chi connectivity index (χ4n) is 3.02. The van der Waals surface area contributed by atoms with Crippen molar-refractivity contribution in [2.24, 2.45) is 0 Å². The molecule has 0 bridgehead atoms. The molecular weight excluding hydrogens is 366 g/mol. The van der Waals surface area contributed by atoms with E-state index in [4.69, 9.17) is 9.47 Å². The van der Waals surface area contributed by atoms with Crippen molar-refractivity contribution in [1.29, 1.82) is 0 Å². The van der Waals surface area contributed by atoms with E-state index in [0.29, 0.717) is 17.9 Å². The van der Waals surface area contributed by atoms with Crippen LogP contribution in [0, 0.1) is 0 Å². The van der Waals surface area contributed by atoms with Crippen LogP contribution < -0.4 is 10.1 Å². The molecule has 0 saturated heterocycles. The lowest BCUT2D eigenvalue weighted by molar-refractivity contribution is 0.0527. The molecule has 1 N–H and O–H groups in total. The lowest BCUT2D eigenvalue weighted by atomic mass is 10.1. The average Bonchev–Trinajstić information content (AvgIpc) is 2.72. The Bertz CT molecular complexity index is 958. The first-order chi connectivity index (χ1) is 14.1. The van der Waals surface area contributed by atoms with E-state index in [1.165, 1.54) is 0 Å². The summed E-state index contributed by atoms with van der Waals surface area (Å²) in [6.07, 6.45) is 2.52. The van der Waals surface area contributed by atoms with Gasteiger partial charge in [-0.25, -0.2) is 4.79 Å². The summed E-state index contributed by atoms with van der Waals surface area (Å²) in [4.78, 5) is 19.1. The van der Waals surface area contributed by atoms with Crippen LogP contribution >= 0.6 is 0 Å². The number of carbonyl (C=O) groups is 1. The van der Waals surface area contributed by atoms with Crippen LogP contribution in [0.5, 0.6) is 11.5 Å². The Morgan fingerprint density at radius 1 is 1.10 bits per heavy atom. The summed E-state index contributed by atoms with van der Waals surface area (Å²) < 4.78 is 11.2. The predicted molar refractivity (Wildman–Crippen MR) is 116 cm³/mol. The summed E-state index contributed by atoms with van der Waals surface area (Å²) in [5.74, 6) is 1.05. The van der Waals surface area contributed by atoms with Crippen LogP contribution in [0.4, 0.5) is 5.69 Å². The van der Waals surface area contributed by atoms with Gasteiger partial charge in [0, 0.05) is 18.1 Å². The molecule has 0 aliphatic heterocycles. The van der Waals surface area contributed by atoms with Crippen molar-refractivity contribution in [1.82, 2.24) is 9.88 Å². The van der Waals surface area contributed by atoms with Gasteiger partial charge in [-0.05, 0) is 64.3 Å². The van der Waals surface area contributed by atoms with E-state index in [1.54, 1.807) is 13.1 Å². The third kappa shape index (κ3) is 5.45. The van der Waals surface area contributed by atoms with Gasteiger partial charge < -0.3 is 19.7 Å². The lowest BCUT2D eigenvalue weighted by Gasteiger charge is -2.16. The van der Waals surface area contributed by atoms with Crippen LogP contribution in [0.3, 0.4) is 0 Å². The minimum atomic E-state index is -0.383. The molecule has 0 atom stereocenters. The van der Waals surface area contributed by atoms with Crippen molar-refractivity contribution in [3.8, 4) is 11.5 Å². The van der Waals surface area contributed by atoms with E-state index in [2.05, 4.69) is 15.2 Å². The average molecular weight is 393 g/mol. The Kier molecular flexibility index (Phi) is 7.03. The van der Waals surface area contributed by atoms with Crippen molar-refractivity contribution < 1.29 is 14.3 Å². The SMILES string of the molecule is CCOC(=O)c1cnc2ccc(Oc3ccccc3)cc2c1NCCCN(C)C. The molecule has 1 aromatic heterocycles. The molecule has 0 amide bonds. The maximum Gasteiger partial charge on any atom is 0.341 e. The minimum absolute atomic E-state index is 0.314. The van der Waals surface area contributed by atoms with Gasteiger partial charge in [0.05, 0.1) is 17.8 Å². The maximum atomic E-state index is 12.5. The number of ether oxygens (including phenoxy) is 2. The Labute approximate surface area is 171 Å². The highest BCUT2D eigenvalue weighted by Gasteiger charge is 2.17. The van der Waals surface area contributed by atoms with E-state index in [-0.39, 0.29) is 5.97 Å². The number of pyridine rings is 1. The van der Waals surface area contributed by atoms with Crippen molar-refractivity contribution in [2.45, 2.75) is 13.3 Å². The van der Waals surface area contributed by atoms with Gasteiger partial charge in [-0.3, -0.25) is 4.98 Å². The molecule has 0 radical (unpaired) electrons. The largest absolute Gasteiger partial charge is 0.462 e. The summed E-state index contributed by atoms with van der Waals surface area (Å²) in [6.45, 7) is 3.79. The number of hydrogen-bond acceptors (Lipinski definition) is 6. The fraction of sp³-hybridized carbons (Fsp3) is 0.304. The van der Waals surface area contributed by atoms with Gasteiger partial charge in [0.25, 0.3) is 0 Å². The lowest BCUT2D eigenvalue weighted by Crippen LogP contribution is -2.17. The van der Waals surface area contributed by atoms with Crippen LogP contribution in [-0.2, 0) is 4.74 Å². The summed E-state index contributed by atoms with van der Waals surface area (Å²) >= 11 is 0. The number of nitrogens with one attached hydrogen (secondary N) is 1. The Balaban J connectivity index is 1.96. The second-order valence-corrected chi connectivity index (χ2v) is 6.95. The molecule has 0 saturated carbocycles. The molecule has 3 rings (SSSR count). The molecule has 0 aliphatic carbocycles. The van der Waals surface area contributed by atoms with Gasteiger partial charge in [-0.2, -0.15) is 0 Å². The highest BCUT2D eigenvalue weighted by atomic mass is 16.5. The van der Waals surface area contributed by atoms with Gasteiger partial charge in [-0.15, -0.1) is 0 Å². The molecule has 0 spiro atoms. The monoisotopic (exact) mass is 393 g/mol. The first kappa shape index (κ1) is 20.6. The number of esters is 1. The maximum absolute atomic E-state index is 12.5. The minimum Gasteiger partial charge on any atom is -0.462 e. The molecule has 0 aliphatic rings. The van der Waals surface area contributed by atoms with Crippen LogP contribution in [0.15, 0.2) is 54.7 Å². The predicted octanol–water partition coefficient (Wildman–Crippen LogP) is 4.57. The van der Waals surface area contributed by atoms with Gasteiger partial charge >= 0.3 is 5.97 Å². The van der Waals surface area contributed by atoms with Gasteiger partial charge in [0.15, 0.2) is 0 Å². The molecule has 6 heteroatoms. The topological polar surface area (TPSA) is 63.7 Å². The summed E-state index contributed by atoms with van der Waals surface area (Å²) in [5, 5.41) is 4.25. The van der Waals surface area contributed by atoms with E-state index < -0.39 is 0 Å². The zero-order chi connectivity index (χ0) is 20.6. The molecule has 0 unspecified atom stereocenters. The number of fused-ring (bicyclic) bond motifs is 1. The molecule has 29 heavy (non-hydrogen) atoms. The summed E-state index contributed by atoms with van der Waals surface area (Å²) in [5.41, 5.74) is 1.94. The zero-order valence-corrected chi connectivity index (χ0v) is 17.1. The van der Waals surface area contributed by atoms with Crippen molar-refractivity contribution >= 4 is 22.6 Å². The number of benzene rings is 2. The van der Waals surface area contributed by atoms with E-state index >= 15 is 0 Å². The number of para-hydroxylation sites is 1. The highest BCUT2D eigenvalue weighted by Crippen LogP contribution is 2.31. The molecule has 2 aromatic carbocycles. The summed E-state index contributed by atoms with van der Waals surface area (Å²) in [6, 6.07) is 15.3. The fourth-order valence-corrected chi connectivity index (χ4v) is 3.02. The zero-order valence-electron chi connectivity index (χ0n) is 17.1. The molecule has 0 fully saturated rings. The number of rotatable bonds is 9. The van der Waals surface area contributed by atoms with Crippen LogP contribution in [0.25, 0.3) is 10.9 Å². The van der Waals surface area contributed by atoms with E-state index in [9.17, 15) is 4.79 Å². The molecule has 1 heterocycles. The third-order valence-corrected chi connectivity index (χ3v) is 4.40. The number of anilines is 1. The third-order valence-electron chi connectivity index (χ3n) is 4.40. The smallest absolute Gasteiger partial charge is 0.341 e. The second kappa shape index (κ2) is 9.89. The summed E-state index contributed by atoms with van der Waals surface area (Å²) in [7, 11) is 4.08. The first-order valence-corrected chi connectivity index (χ1v) is 9.80. The molecule has 152 valence electrons. The number of nitrogens with zero attached hydrogens (tertiary/aromatic N) is 2. The number of carbonyl (C=O) groups excluding carboxylic acids is 1. The standard InChI is InChI=1S/C23H27N3O3/c1-4-28-23(27)20-16-25-21-12-11-18(29-17-9-6-5-7-10-17)15-19(21)22(20)24-13-8-14-26(2)3/h5-7,9-12,15-16H,4,8,13-14H2,1-3H3,(H,24,25). The Morgan fingerprint density at radius 3 is 2.62 bits per heavy atom.